The van der Waals surface area contributed by atoms with Crippen molar-refractivity contribution in [2.24, 2.45) is 11.7 Å². The fraction of sp³-hybridized carbons (Fsp3) is 0.692. The van der Waals surface area contributed by atoms with E-state index in [2.05, 4.69) is 12.0 Å². The van der Waals surface area contributed by atoms with Gasteiger partial charge in [0.2, 0.25) is 0 Å². The normalized spacial score (nSPS) is 24.2. The molecule has 2 atom stereocenters. The lowest BCUT2D eigenvalue weighted by Gasteiger charge is -2.27. The average Bonchev–Trinajstić information content (AvgIpc) is 2.71. The van der Waals surface area contributed by atoms with Crippen LogP contribution in [0.25, 0.3) is 0 Å². The monoisotopic (exact) mass is 269 g/mol. The van der Waals surface area contributed by atoms with Crippen molar-refractivity contribution in [1.29, 1.82) is 0 Å². The van der Waals surface area contributed by atoms with Gasteiger partial charge in [-0.2, -0.15) is 5.10 Å². The van der Waals surface area contributed by atoms with Crippen LogP contribution in [0.3, 0.4) is 0 Å². The van der Waals surface area contributed by atoms with Crippen LogP contribution in [-0.2, 0) is 6.54 Å². The van der Waals surface area contributed by atoms with E-state index in [1.54, 1.807) is 10.9 Å². The van der Waals surface area contributed by atoms with E-state index in [4.69, 9.17) is 17.3 Å². The Morgan fingerprint density at radius 1 is 1.56 bits per heavy atom. The van der Waals surface area contributed by atoms with Crippen LogP contribution in [0.4, 0.5) is 0 Å². The Balaban J connectivity index is 2.24. The van der Waals surface area contributed by atoms with Crippen molar-refractivity contribution >= 4 is 17.4 Å². The maximum Gasteiger partial charge on any atom is 0.187 e. The molecule has 100 valence electrons. The van der Waals surface area contributed by atoms with Crippen LogP contribution in [0.5, 0.6) is 0 Å². The summed E-state index contributed by atoms with van der Waals surface area (Å²) in [4.78, 5) is 12.6. The first-order valence-corrected chi connectivity index (χ1v) is 7.04. The molecule has 1 saturated carbocycles. The van der Waals surface area contributed by atoms with Gasteiger partial charge in [-0.1, -0.05) is 31.4 Å². The molecule has 2 N–H and O–H groups in total. The summed E-state index contributed by atoms with van der Waals surface area (Å²) >= 11 is 6.10. The summed E-state index contributed by atoms with van der Waals surface area (Å²) < 4.78 is 1.71. The Morgan fingerprint density at radius 2 is 2.28 bits per heavy atom. The number of nitrogens with two attached hydrogens (primary N) is 1. The summed E-state index contributed by atoms with van der Waals surface area (Å²) in [6.07, 6.45) is 6.47. The van der Waals surface area contributed by atoms with Crippen molar-refractivity contribution in [2.45, 2.75) is 51.6 Å². The Morgan fingerprint density at radius 3 is 2.94 bits per heavy atom. The smallest absolute Gasteiger partial charge is 0.187 e. The SMILES string of the molecule is CCCn1ncc(Cl)c1C(=O)C1CCCCC1N. The summed E-state index contributed by atoms with van der Waals surface area (Å²) in [5, 5.41) is 4.62. The van der Waals surface area contributed by atoms with Crippen LogP contribution >= 0.6 is 11.6 Å². The summed E-state index contributed by atoms with van der Waals surface area (Å²) in [6, 6.07) is -0.0349. The van der Waals surface area contributed by atoms with Crippen LogP contribution < -0.4 is 5.73 Å². The van der Waals surface area contributed by atoms with Gasteiger partial charge >= 0.3 is 0 Å². The van der Waals surface area contributed by atoms with Gasteiger partial charge in [0.25, 0.3) is 0 Å². The van der Waals surface area contributed by atoms with Gasteiger partial charge in [0.1, 0.15) is 5.69 Å². The number of carbonyl (C=O) groups is 1. The molecule has 0 aromatic carbocycles. The molecule has 1 aliphatic carbocycles. The number of carbonyl (C=O) groups excluding carboxylic acids is 1. The molecule has 18 heavy (non-hydrogen) atoms. The molecule has 0 amide bonds. The minimum atomic E-state index is -0.0939. The number of rotatable bonds is 4. The van der Waals surface area contributed by atoms with E-state index in [1.165, 1.54) is 0 Å². The van der Waals surface area contributed by atoms with E-state index < -0.39 is 0 Å². The first-order chi connectivity index (χ1) is 8.65. The van der Waals surface area contributed by atoms with Crippen molar-refractivity contribution in [3.05, 3.63) is 16.9 Å². The molecule has 1 heterocycles. The summed E-state index contributed by atoms with van der Waals surface area (Å²) in [6.45, 7) is 2.77. The van der Waals surface area contributed by atoms with Gasteiger partial charge in [0, 0.05) is 18.5 Å². The average molecular weight is 270 g/mol. The first-order valence-electron chi connectivity index (χ1n) is 6.66. The Hall–Kier alpha value is -0.870. The van der Waals surface area contributed by atoms with Crippen molar-refractivity contribution in [3.8, 4) is 0 Å². The highest BCUT2D eigenvalue weighted by molar-refractivity contribution is 6.33. The molecule has 1 fully saturated rings. The predicted octanol–water partition coefficient (Wildman–Crippen LogP) is 2.65. The molecule has 2 rings (SSSR count). The van der Waals surface area contributed by atoms with Crippen molar-refractivity contribution in [1.82, 2.24) is 9.78 Å². The molecular formula is C13H20ClN3O. The molecule has 1 aromatic heterocycles. The van der Waals surface area contributed by atoms with E-state index >= 15 is 0 Å². The zero-order valence-electron chi connectivity index (χ0n) is 10.7. The fourth-order valence-corrected chi connectivity index (χ4v) is 2.88. The van der Waals surface area contributed by atoms with Gasteiger partial charge in [0.05, 0.1) is 11.2 Å². The van der Waals surface area contributed by atoms with Gasteiger partial charge in [-0.25, -0.2) is 0 Å². The molecular weight excluding hydrogens is 250 g/mol. The second-order valence-electron chi connectivity index (χ2n) is 4.98. The standard InChI is InChI=1S/C13H20ClN3O/c1-2-7-17-12(10(14)8-16-17)13(18)9-5-3-4-6-11(9)15/h8-9,11H,2-7,15H2,1H3. The largest absolute Gasteiger partial charge is 0.327 e. The van der Waals surface area contributed by atoms with Crippen LogP contribution in [0.15, 0.2) is 6.20 Å². The van der Waals surface area contributed by atoms with E-state index in [1.807, 2.05) is 0 Å². The number of Topliss-reactive ketones (excluding diaryl/α,β-unsaturated/α-hetero) is 1. The number of halogens is 1. The second-order valence-corrected chi connectivity index (χ2v) is 5.39. The zero-order valence-corrected chi connectivity index (χ0v) is 11.5. The van der Waals surface area contributed by atoms with Crippen LogP contribution in [0, 0.1) is 5.92 Å². The van der Waals surface area contributed by atoms with Crippen LogP contribution in [0.1, 0.15) is 49.5 Å². The number of hydrogen-bond acceptors (Lipinski definition) is 3. The minimum Gasteiger partial charge on any atom is -0.327 e. The first kappa shape index (κ1) is 13.6. The third-order valence-corrected chi connectivity index (χ3v) is 3.90. The van der Waals surface area contributed by atoms with Gasteiger partial charge in [-0.15, -0.1) is 0 Å². The summed E-state index contributed by atoms with van der Waals surface area (Å²) in [7, 11) is 0. The van der Waals surface area contributed by atoms with E-state index in [0.717, 1.165) is 38.6 Å². The highest BCUT2D eigenvalue weighted by atomic mass is 35.5. The Labute approximate surface area is 112 Å². The molecule has 0 saturated heterocycles. The van der Waals surface area contributed by atoms with Gasteiger partial charge in [-0.05, 0) is 19.3 Å². The molecule has 0 radical (unpaired) electrons. The molecule has 5 heteroatoms. The fourth-order valence-electron chi connectivity index (χ4n) is 2.65. The molecule has 0 aliphatic heterocycles. The van der Waals surface area contributed by atoms with Crippen molar-refractivity contribution in [2.75, 3.05) is 0 Å². The summed E-state index contributed by atoms with van der Waals surface area (Å²) in [5.41, 5.74) is 6.61. The van der Waals surface area contributed by atoms with E-state index in [-0.39, 0.29) is 17.7 Å². The van der Waals surface area contributed by atoms with Crippen molar-refractivity contribution < 1.29 is 4.79 Å². The van der Waals surface area contributed by atoms with Gasteiger partial charge < -0.3 is 5.73 Å². The van der Waals surface area contributed by atoms with Gasteiger partial charge in [-0.3, -0.25) is 9.48 Å². The topological polar surface area (TPSA) is 60.9 Å². The molecule has 0 spiro atoms. The van der Waals surface area contributed by atoms with E-state index in [9.17, 15) is 4.79 Å². The number of aryl methyl sites for hydroxylation is 1. The van der Waals surface area contributed by atoms with Crippen LogP contribution in [-0.4, -0.2) is 21.6 Å². The molecule has 2 unspecified atom stereocenters. The lowest BCUT2D eigenvalue weighted by atomic mass is 9.81. The predicted molar refractivity (Wildman–Crippen MR) is 71.8 cm³/mol. The number of ketones is 1. The third kappa shape index (κ3) is 2.59. The lowest BCUT2D eigenvalue weighted by molar-refractivity contribution is 0.0859. The number of nitrogens with zero attached hydrogens (tertiary/aromatic N) is 2. The highest BCUT2D eigenvalue weighted by Crippen LogP contribution is 2.28. The second kappa shape index (κ2) is 5.85. The highest BCUT2D eigenvalue weighted by Gasteiger charge is 2.32. The maximum atomic E-state index is 12.6. The summed E-state index contributed by atoms with van der Waals surface area (Å²) in [5.74, 6) is -0.0262. The quantitative estimate of drug-likeness (QED) is 0.855. The van der Waals surface area contributed by atoms with Gasteiger partial charge in [0.15, 0.2) is 5.78 Å². The molecule has 0 bridgehead atoms. The Bertz CT molecular complexity index is 430. The zero-order chi connectivity index (χ0) is 13.1. The Kier molecular flexibility index (Phi) is 4.40. The number of aromatic nitrogens is 2. The lowest BCUT2D eigenvalue weighted by Crippen LogP contribution is -2.38. The molecule has 1 aliphatic rings. The molecule has 4 nitrogen and oxygen atoms in total. The molecule has 1 aromatic rings. The maximum absolute atomic E-state index is 12.6. The van der Waals surface area contributed by atoms with Crippen molar-refractivity contribution in [3.63, 3.8) is 0 Å². The number of hydrogen-bond donors (Lipinski definition) is 1. The third-order valence-electron chi connectivity index (χ3n) is 3.62. The minimum absolute atomic E-state index is 0.0349. The van der Waals surface area contributed by atoms with E-state index in [0.29, 0.717) is 10.7 Å². The van der Waals surface area contributed by atoms with Crippen LogP contribution in [0.2, 0.25) is 5.02 Å².